The van der Waals surface area contributed by atoms with E-state index in [1.165, 1.54) is 29.2 Å². The Morgan fingerprint density at radius 1 is 1.12 bits per heavy atom. The first kappa shape index (κ1) is 24.7. The summed E-state index contributed by atoms with van der Waals surface area (Å²) < 4.78 is 10.6. The molecule has 0 unspecified atom stereocenters. The number of ether oxygens (including phenoxy) is 2. The summed E-state index contributed by atoms with van der Waals surface area (Å²) in [5.74, 6) is -1.37. The van der Waals surface area contributed by atoms with E-state index in [0.717, 1.165) is 0 Å². The van der Waals surface area contributed by atoms with Gasteiger partial charge in [-0.3, -0.25) is 14.9 Å². The number of benzene rings is 2. The van der Waals surface area contributed by atoms with E-state index in [1.807, 2.05) is 6.07 Å². The van der Waals surface area contributed by atoms with Crippen LogP contribution in [0.3, 0.4) is 0 Å². The van der Waals surface area contributed by atoms with Crippen molar-refractivity contribution in [2.45, 2.75) is 38.6 Å². The number of aliphatic hydroxyl groups is 1. The molecule has 1 aliphatic rings. The molecule has 1 saturated heterocycles. The molecule has 3 amide bonds. The quantitative estimate of drug-likeness (QED) is 0.615. The third-order valence-electron chi connectivity index (χ3n) is 4.78. The van der Waals surface area contributed by atoms with Gasteiger partial charge in [0.05, 0.1) is 18.2 Å². The van der Waals surface area contributed by atoms with Crippen LogP contribution in [0.1, 0.15) is 26.3 Å². The van der Waals surface area contributed by atoms with Gasteiger partial charge in [-0.1, -0.05) is 0 Å². The Bertz CT molecular complexity index is 1090. The van der Waals surface area contributed by atoms with Crippen LogP contribution in [-0.4, -0.2) is 54.0 Å². The Morgan fingerprint density at radius 3 is 2.29 bits per heavy atom. The molecule has 3 rings (SSSR count). The van der Waals surface area contributed by atoms with Gasteiger partial charge in [0.25, 0.3) is 11.8 Å². The Labute approximate surface area is 197 Å². The number of rotatable bonds is 5. The topological polar surface area (TPSA) is 141 Å². The second kappa shape index (κ2) is 10.3. The maximum Gasteiger partial charge on any atom is 0.412 e. The highest BCUT2D eigenvalue weighted by atomic mass is 16.6. The fourth-order valence-electron chi connectivity index (χ4n) is 3.22. The Morgan fingerprint density at radius 2 is 1.71 bits per heavy atom. The molecule has 34 heavy (non-hydrogen) atoms. The number of nitrogens with zero attached hydrogens (tertiary/aromatic N) is 2. The lowest BCUT2D eigenvalue weighted by atomic mass is 10.1. The van der Waals surface area contributed by atoms with Crippen LogP contribution in [0, 0.1) is 11.3 Å². The van der Waals surface area contributed by atoms with E-state index in [2.05, 4.69) is 10.6 Å². The molecule has 0 radical (unpaired) electrons. The van der Waals surface area contributed by atoms with Gasteiger partial charge in [-0.05, 0) is 69.3 Å². The molecule has 10 nitrogen and oxygen atoms in total. The highest BCUT2D eigenvalue weighted by Gasteiger charge is 2.39. The van der Waals surface area contributed by atoms with Gasteiger partial charge >= 0.3 is 6.09 Å². The number of hydrogen-bond donors (Lipinski definition) is 3. The van der Waals surface area contributed by atoms with Crippen LogP contribution in [0.4, 0.5) is 21.9 Å². The minimum atomic E-state index is -1.74. The van der Waals surface area contributed by atoms with Crippen molar-refractivity contribution in [2.75, 3.05) is 28.7 Å². The van der Waals surface area contributed by atoms with Crippen LogP contribution in [0.15, 0.2) is 48.5 Å². The summed E-state index contributed by atoms with van der Waals surface area (Å²) in [4.78, 5) is 38.8. The lowest BCUT2D eigenvalue weighted by Crippen LogP contribution is -2.55. The van der Waals surface area contributed by atoms with Crippen molar-refractivity contribution in [3.8, 4) is 6.07 Å². The molecule has 1 fully saturated rings. The number of anilines is 3. The number of aliphatic hydroxyl groups excluding tert-OH is 1. The molecule has 2 aromatic carbocycles. The number of nitriles is 1. The molecule has 2 atom stereocenters. The molecule has 0 saturated carbocycles. The highest BCUT2D eigenvalue weighted by molar-refractivity contribution is 6.04. The predicted molar refractivity (Wildman–Crippen MR) is 124 cm³/mol. The molecular formula is C24H26N4O6. The van der Waals surface area contributed by atoms with Gasteiger partial charge in [0.2, 0.25) is 0 Å². The summed E-state index contributed by atoms with van der Waals surface area (Å²) in [7, 11) is 0. The van der Waals surface area contributed by atoms with Gasteiger partial charge < -0.3 is 24.8 Å². The number of carbonyl (C=O) groups is 3. The Hall–Kier alpha value is -3.94. The van der Waals surface area contributed by atoms with Crippen LogP contribution in [0.2, 0.25) is 0 Å². The van der Waals surface area contributed by atoms with Crippen molar-refractivity contribution in [1.29, 1.82) is 5.26 Å². The first-order valence-corrected chi connectivity index (χ1v) is 10.6. The molecule has 0 aromatic heterocycles. The third-order valence-corrected chi connectivity index (χ3v) is 4.78. The van der Waals surface area contributed by atoms with E-state index in [9.17, 15) is 19.5 Å². The summed E-state index contributed by atoms with van der Waals surface area (Å²) in [5.41, 5.74) is 1.17. The lowest BCUT2D eigenvalue weighted by Gasteiger charge is -2.34. The molecule has 2 aromatic rings. The van der Waals surface area contributed by atoms with Gasteiger partial charge in [-0.25, -0.2) is 4.79 Å². The monoisotopic (exact) mass is 466 g/mol. The standard InChI is InChI=1S/C24H26N4O6/c1-24(2,3)34-23(32)27-17-8-10-18(11-9-17)28-12-13-33-20(22(28)31)19(29)21(30)26-16-6-4-15(14-25)5-7-16/h4-11,19-20,29H,12-13H2,1-3H3,(H,26,30)(H,27,32)/t19-,20-/m1/s1. The van der Waals surface area contributed by atoms with E-state index in [0.29, 0.717) is 22.6 Å². The van der Waals surface area contributed by atoms with Gasteiger partial charge in [0, 0.05) is 23.6 Å². The lowest BCUT2D eigenvalue weighted by molar-refractivity contribution is -0.150. The van der Waals surface area contributed by atoms with Crippen LogP contribution in [-0.2, 0) is 19.1 Å². The molecule has 3 N–H and O–H groups in total. The van der Waals surface area contributed by atoms with Crippen LogP contribution in [0.5, 0.6) is 0 Å². The largest absolute Gasteiger partial charge is 0.444 e. The normalized spacial score (nSPS) is 16.9. The third kappa shape index (κ3) is 6.31. The van der Waals surface area contributed by atoms with Crippen molar-refractivity contribution >= 4 is 35.0 Å². The van der Waals surface area contributed by atoms with E-state index >= 15 is 0 Å². The minimum Gasteiger partial charge on any atom is -0.444 e. The first-order valence-electron chi connectivity index (χ1n) is 10.6. The van der Waals surface area contributed by atoms with Crippen molar-refractivity contribution in [2.24, 2.45) is 0 Å². The smallest absolute Gasteiger partial charge is 0.412 e. The number of amides is 3. The maximum atomic E-state index is 13.0. The predicted octanol–water partition coefficient (Wildman–Crippen LogP) is 2.64. The second-order valence-electron chi connectivity index (χ2n) is 8.58. The number of hydrogen-bond acceptors (Lipinski definition) is 7. The maximum absolute atomic E-state index is 13.0. The van der Waals surface area contributed by atoms with E-state index in [4.69, 9.17) is 14.7 Å². The molecule has 10 heteroatoms. The van der Waals surface area contributed by atoms with Gasteiger partial charge in [-0.15, -0.1) is 0 Å². The zero-order chi connectivity index (χ0) is 24.9. The van der Waals surface area contributed by atoms with Crippen LogP contribution in [0.25, 0.3) is 0 Å². The summed E-state index contributed by atoms with van der Waals surface area (Å²) in [6.45, 7) is 5.63. The summed E-state index contributed by atoms with van der Waals surface area (Å²) in [6.07, 6.45) is -3.72. The molecular weight excluding hydrogens is 440 g/mol. The Balaban J connectivity index is 1.63. The van der Waals surface area contributed by atoms with Gasteiger partial charge in [-0.2, -0.15) is 5.26 Å². The molecule has 0 spiro atoms. The highest BCUT2D eigenvalue weighted by Crippen LogP contribution is 2.23. The second-order valence-corrected chi connectivity index (χ2v) is 8.58. The van der Waals surface area contributed by atoms with Gasteiger partial charge in [0.15, 0.2) is 12.2 Å². The minimum absolute atomic E-state index is 0.121. The average molecular weight is 466 g/mol. The molecule has 0 bridgehead atoms. The number of morpholine rings is 1. The Kier molecular flexibility index (Phi) is 7.50. The van der Waals surface area contributed by atoms with Crippen molar-refractivity contribution in [1.82, 2.24) is 0 Å². The SMILES string of the molecule is CC(C)(C)OC(=O)Nc1ccc(N2CCO[C@H]([C@@H](O)C(=O)Nc3ccc(C#N)cc3)C2=O)cc1. The van der Waals surface area contributed by atoms with Crippen molar-refractivity contribution in [3.63, 3.8) is 0 Å². The summed E-state index contributed by atoms with van der Waals surface area (Å²) >= 11 is 0. The molecule has 1 heterocycles. The zero-order valence-electron chi connectivity index (χ0n) is 19.1. The van der Waals surface area contributed by atoms with Gasteiger partial charge in [0.1, 0.15) is 5.60 Å². The number of nitrogens with one attached hydrogen (secondary N) is 2. The summed E-state index contributed by atoms with van der Waals surface area (Å²) in [6, 6.07) is 14.6. The van der Waals surface area contributed by atoms with Crippen LogP contribution >= 0.6 is 0 Å². The molecule has 0 aliphatic carbocycles. The molecule has 1 aliphatic heterocycles. The fourth-order valence-corrected chi connectivity index (χ4v) is 3.22. The fraction of sp³-hybridized carbons (Fsp3) is 0.333. The van der Waals surface area contributed by atoms with Crippen molar-refractivity contribution in [3.05, 3.63) is 54.1 Å². The first-order chi connectivity index (χ1) is 16.1. The average Bonchev–Trinajstić information content (AvgIpc) is 2.78. The van der Waals surface area contributed by atoms with E-state index < -0.39 is 35.7 Å². The van der Waals surface area contributed by atoms with E-state index in [1.54, 1.807) is 45.0 Å². The van der Waals surface area contributed by atoms with E-state index in [-0.39, 0.29) is 13.2 Å². The van der Waals surface area contributed by atoms with Crippen molar-refractivity contribution < 1.29 is 29.0 Å². The van der Waals surface area contributed by atoms with Crippen LogP contribution < -0.4 is 15.5 Å². The summed E-state index contributed by atoms with van der Waals surface area (Å²) in [5, 5.41) is 24.4. The zero-order valence-corrected chi connectivity index (χ0v) is 19.1. The molecule has 178 valence electrons. The number of carbonyl (C=O) groups excluding carboxylic acids is 3.